The van der Waals surface area contributed by atoms with E-state index in [1.165, 1.54) is 32.5 Å². The molecule has 0 aromatic carbocycles. The molecule has 1 aliphatic rings. The summed E-state index contributed by atoms with van der Waals surface area (Å²) in [6.07, 6.45) is 5.78. The molecule has 112 valence electrons. The summed E-state index contributed by atoms with van der Waals surface area (Å²) in [6, 6.07) is 0. The summed E-state index contributed by atoms with van der Waals surface area (Å²) in [4.78, 5) is 11.4. The van der Waals surface area contributed by atoms with Crippen LogP contribution < -0.4 is 11.1 Å². The number of hydrogen-bond acceptors (Lipinski definition) is 5. The maximum Gasteiger partial charge on any atom is 0.134 e. The van der Waals surface area contributed by atoms with E-state index in [0.717, 1.165) is 43.0 Å². The van der Waals surface area contributed by atoms with E-state index in [0.29, 0.717) is 5.82 Å². The molecule has 1 aliphatic heterocycles. The highest BCUT2D eigenvalue weighted by molar-refractivity contribution is 5.54. The Morgan fingerprint density at radius 1 is 1.25 bits per heavy atom. The molecular weight excluding hydrogens is 250 g/mol. The fourth-order valence-electron chi connectivity index (χ4n) is 2.61. The van der Waals surface area contributed by atoms with Crippen molar-refractivity contribution in [1.82, 2.24) is 14.9 Å². The normalized spacial score (nSPS) is 15.7. The molecular formula is C15H27N5. The summed E-state index contributed by atoms with van der Waals surface area (Å²) in [5.41, 5.74) is 6.92. The number of hydrogen-bond donors (Lipinski definition) is 2. The third-order valence-electron chi connectivity index (χ3n) is 3.85. The Kier molecular flexibility index (Phi) is 5.59. The van der Waals surface area contributed by atoms with Gasteiger partial charge < -0.3 is 16.0 Å². The van der Waals surface area contributed by atoms with Gasteiger partial charge in [0.05, 0.1) is 0 Å². The second kappa shape index (κ2) is 7.43. The van der Waals surface area contributed by atoms with Crippen molar-refractivity contribution in [3.05, 3.63) is 11.4 Å². The lowest BCUT2D eigenvalue weighted by Crippen LogP contribution is -2.22. The second-order valence-electron chi connectivity index (χ2n) is 5.58. The molecule has 0 aliphatic carbocycles. The molecule has 1 aromatic rings. The van der Waals surface area contributed by atoms with Gasteiger partial charge in [-0.05, 0) is 52.2 Å². The minimum atomic E-state index is 0.602. The van der Waals surface area contributed by atoms with Crippen LogP contribution in [0.5, 0.6) is 0 Å². The number of likely N-dealkylation sites (tertiary alicyclic amines) is 1. The Balaban J connectivity index is 1.84. The quantitative estimate of drug-likeness (QED) is 0.748. The molecule has 0 spiro atoms. The molecule has 0 bridgehead atoms. The van der Waals surface area contributed by atoms with Crippen molar-refractivity contribution in [3.63, 3.8) is 0 Å². The highest BCUT2D eigenvalue weighted by Crippen LogP contribution is 2.18. The summed E-state index contributed by atoms with van der Waals surface area (Å²) in [5.74, 6) is 2.35. The Morgan fingerprint density at radius 3 is 2.70 bits per heavy atom. The molecule has 1 aromatic heterocycles. The Morgan fingerprint density at radius 2 is 2.00 bits per heavy atom. The lowest BCUT2D eigenvalue weighted by Gasteiger charge is -2.15. The van der Waals surface area contributed by atoms with Crippen molar-refractivity contribution >= 4 is 11.6 Å². The Hall–Kier alpha value is -1.36. The Bertz CT molecular complexity index is 427. The van der Waals surface area contributed by atoms with Crippen LogP contribution in [0.1, 0.15) is 44.0 Å². The summed E-state index contributed by atoms with van der Waals surface area (Å²) in [5, 5.41) is 3.42. The number of nitrogens with zero attached hydrogens (tertiary/aromatic N) is 3. The van der Waals surface area contributed by atoms with E-state index in [4.69, 9.17) is 5.73 Å². The molecule has 20 heavy (non-hydrogen) atoms. The molecule has 0 atom stereocenters. The monoisotopic (exact) mass is 277 g/mol. The first kappa shape index (κ1) is 15.0. The van der Waals surface area contributed by atoms with Gasteiger partial charge in [0, 0.05) is 18.5 Å². The van der Waals surface area contributed by atoms with Gasteiger partial charge in [0.2, 0.25) is 0 Å². The van der Waals surface area contributed by atoms with Gasteiger partial charge in [-0.1, -0.05) is 6.92 Å². The van der Waals surface area contributed by atoms with Crippen molar-refractivity contribution < 1.29 is 0 Å². The fourth-order valence-corrected chi connectivity index (χ4v) is 2.61. The fraction of sp³-hybridized carbons (Fsp3) is 0.733. The number of nitrogens with two attached hydrogens (primary N) is 1. The summed E-state index contributed by atoms with van der Waals surface area (Å²) in [7, 11) is 0. The topological polar surface area (TPSA) is 67.1 Å². The van der Waals surface area contributed by atoms with E-state index in [9.17, 15) is 0 Å². The van der Waals surface area contributed by atoms with Crippen LogP contribution >= 0.6 is 0 Å². The average molecular weight is 277 g/mol. The predicted octanol–water partition coefficient (Wildman–Crippen LogP) is 2.22. The largest absolute Gasteiger partial charge is 0.383 e. The molecule has 3 N–H and O–H groups in total. The maximum absolute atomic E-state index is 5.96. The minimum Gasteiger partial charge on any atom is -0.383 e. The van der Waals surface area contributed by atoms with E-state index in [-0.39, 0.29) is 0 Å². The second-order valence-corrected chi connectivity index (χ2v) is 5.58. The van der Waals surface area contributed by atoms with Gasteiger partial charge in [0.25, 0.3) is 0 Å². The maximum atomic E-state index is 5.96. The van der Waals surface area contributed by atoms with Gasteiger partial charge in [-0.25, -0.2) is 9.97 Å². The van der Waals surface area contributed by atoms with Crippen LogP contribution in [0.25, 0.3) is 0 Å². The summed E-state index contributed by atoms with van der Waals surface area (Å²) >= 11 is 0. The molecule has 1 fully saturated rings. The zero-order valence-corrected chi connectivity index (χ0v) is 12.8. The van der Waals surface area contributed by atoms with Crippen LogP contribution in [0, 0.1) is 6.92 Å². The van der Waals surface area contributed by atoms with Gasteiger partial charge >= 0.3 is 0 Å². The van der Waals surface area contributed by atoms with E-state index >= 15 is 0 Å². The lowest BCUT2D eigenvalue weighted by atomic mass is 10.2. The predicted molar refractivity (Wildman–Crippen MR) is 84.0 cm³/mol. The van der Waals surface area contributed by atoms with Crippen LogP contribution in [0.3, 0.4) is 0 Å². The van der Waals surface area contributed by atoms with E-state index in [1.807, 2.05) is 6.92 Å². The van der Waals surface area contributed by atoms with E-state index < -0.39 is 0 Å². The van der Waals surface area contributed by atoms with Gasteiger partial charge in [-0.3, -0.25) is 0 Å². The number of aromatic nitrogens is 2. The van der Waals surface area contributed by atoms with Gasteiger partial charge in [0.1, 0.15) is 17.5 Å². The molecule has 0 radical (unpaired) electrons. The van der Waals surface area contributed by atoms with Gasteiger partial charge in [-0.2, -0.15) is 0 Å². The Labute approximate surface area is 122 Å². The molecule has 0 amide bonds. The van der Waals surface area contributed by atoms with Gasteiger partial charge in [-0.15, -0.1) is 0 Å². The molecule has 2 heterocycles. The van der Waals surface area contributed by atoms with Crippen LogP contribution in [-0.2, 0) is 6.42 Å². The molecule has 1 saturated heterocycles. The van der Waals surface area contributed by atoms with Gasteiger partial charge in [0.15, 0.2) is 0 Å². The number of nitrogens with one attached hydrogen (secondary N) is 1. The zero-order valence-electron chi connectivity index (χ0n) is 12.8. The lowest BCUT2D eigenvalue weighted by molar-refractivity contribution is 0.337. The van der Waals surface area contributed by atoms with Crippen molar-refractivity contribution in [2.75, 3.05) is 37.2 Å². The van der Waals surface area contributed by atoms with Crippen LogP contribution in [-0.4, -0.2) is 41.0 Å². The molecule has 5 heteroatoms. The van der Waals surface area contributed by atoms with E-state index in [2.05, 4.69) is 27.1 Å². The van der Waals surface area contributed by atoms with Crippen LogP contribution in [0.2, 0.25) is 0 Å². The first-order valence-corrected chi connectivity index (χ1v) is 7.80. The third-order valence-corrected chi connectivity index (χ3v) is 3.85. The van der Waals surface area contributed by atoms with Crippen LogP contribution in [0.4, 0.5) is 11.6 Å². The standard InChI is InChI=1S/C15H27N5/c1-3-7-13-18-14(16)12(2)15(19-13)17-8-6-11-20-9-4-5-10-20/h3-11H2,1-2H3,(H3,16,17,18,19). The molecule has 5 nitrogen and oxygen atoms in total. The van der Waals surface area contributed by atoms with Crippen molar-refractivity contribution in [1.29, 1.82) is 0 Å². The third kappa shape index (κ3) is 4.07. The number of rotatable bonds is 7. The first-order chi connectivity index (χ1) is 9.70. The first-order valence-electron chi connectivity index (χ1n) is 7.80. The number of aryl methyl sites for hydroxylation is 1. The SMILES string of the molecule is CCCc1nc(N)c(C)c(NCCCN2CCCC2)n1. The van der Waals surface area contributed by atoms with Crippen LogP contribution in [0.15, 0.2) is 0 Å². The number of nitrogen functional groups attached to an aromatic ring is 1. The van der Waals surface area contributed by atoms with Crippen molar-refractivity contribution in [2.45, 2.75) is 46.0 Å². The summed E-state index contributed by atoms with van der Waals surface area (Å²) < 4.78 is 0. The van der Waals surface area contributed by atoms with Crippen molar-refractivity contribution in [2.24, 2.45) is 0 Å². The zero-order chi connectivity index (χ0) is 14.4. The average Bonchev–Trinajstić information content (AvgIpc) is 2.93. The van der Waals surface area contributed by atoms with E-state index in [1.54, 1.807) is 0 Å². The van der Waals surface area contributed by atoms with Crippen molar-refractivity contribution in [3.8, 4) is 0 Å². The number of anilines is 2. The molecule has 0 unspecified atom stereocenters. The summed E-state index contributed by atoms with van der Waals surface area (Å²) in [6.45, 7) is 8.75. The highest BCUT2D eigenvalue weighted by atomic mass is 15.1. The minimum absolute atomic E-state index is 0.602. The molecule has 2 rings (SSSR count). The smallest absolute Gasteiger partial charge is 0.134 e. The molecule has 0 saturated carbocycles. The highest BCUT2D eigenvalue weighted by Gasteiger charge is 2.11.